The van der Waals surface area contributed by atoms with Gasteiger partial charge in [-0.2, -0.15) is 5.10 Å². The number of rotatable bonds is 3. The van der Waals surface area contributed by atoms with Crippen molar-refractivity contribution in [2.24, 2.45) is 7.05 Å². The van der Waals surface area contributed by atoms with Crippen LogP contribution in [0.3, 0.4) is 0 Å². The molecule has 0 aliphatic heterocycles. The Labute approximate surface area is 80.8 Å². The third kappa shape index (κ3) is 1.71. The minimum Gasteiger partial charge on any atom is -0.342 e. The van der Waals surface area contributed by atoms with Gasteiger partial charge in [-0.15, -0.1) is 0 Å². The monoisotopic (exact) mass is 190 g/mol. The molecule has 0 radical (unpaired) electrons. The molecule has 0 aliphatic carbocycles. The molecule has 2 aromatic rings. The van der Waals surface area contributed by atoms with Crippen molar-refractivity contribution < 1.29 is 4.79 Å². The molecule has 2 aromatic heterocycles. The number of ketones is 1. The van der Waals surface area contributed by atoms with Crippen LogP contribution in [0.1, 0.15) is 16.3 Å². The Balaban J connectivity index is 2.09. The summed E-state index contributed by atoms with van der Waals surface area (Å²) in [6.45, 7) is 0. The normalized spacial score (nSPS) is 10.4. The summed E-state index contributed by atoms with van der Waals surface area (Å²) in [5, 5.41) is 4.11. The molecule has 0 saturated carbocycles. The van der Waals surface area contributed by atoms with Gasteiger partial charge in [0.15, 0.2) is 5.82 Å². The van der Waals surface area contributed by atoms with Gasteiger partial charge in [-0.05, 0) is 6.07 Å². The lowest BCUT2D eigenvalue weighted by Crippen LogP contribution is -2.06. The zero-order valence-corrected chi connectivity index (χ0v) is 7.77. The molecule has 5 heteroatoms. The van der Waals surface area contributed by atoms with E-state index in [1.807, 2.05) is 19.3 Å². The van der Waals surface area contributed by atoms with Crippen molar-refractivity contribution >= 4 is 5.78 Å². The molecule has 0 aromatic carbocycles. The molecular weight excluding hydrogens is 180 g/mol. The summed E-state index contributed by atoms with van der Waals surface area (Å²) in [7, 11) is 1.82. The van der Waals surface area contributed by atoms with Gasteiger partial charge in [-0.1, -0.05) is 0 Å². The van der Waals surface area contributed by atoms with Crippen molar-refractivity contribution in [3.63, 3.8) is 0 Å². The number of nitrogens with one attached hydrogen (secondary N) is 1. The van der Waals surface area contributed by atoms with E-state index < -0.39 is 0 Å². The van der Waals surface area contributed by atoms with Gasteiger partial charge in [-0.3, -0.25) is 9.48 Å². The minimum absolute atomic E-state index is 0.0475. The number of hydrogen-bond acceptors (Lipinski definition) is 3. The fourth-order valence-electron chi connectivity index (χ4n) is 1.22. The van der Waals surface area contributed by atoms with Crippen LogP contribution in [0.4, 0.5) is 0 Å². The van der Waals surface area contributed by atoms with Crippen molar-refractivity contribution in [3.8, 4) is 0 Å². The first-order valence-corrected chi connectivity index (χ1v) is 4.27. The van der Waals surface area contributed by atoms with E-state index in [0.717, 1.165) is 5.69 Å². The van der Waals surface area contributed by atoms with E-state index in [9.17, 15) is 4.79 Å². The molecule has 0 spiro atoms. The maximum absolute atomic E-state index is 11.5. The molecule has 0 unspecified atom stereocenters. The SMILES string of the molecule is Cn1ccc(CC(=O)c2ncc[nH]2)n1. The van der Waals surface area contributed by atoms with Gasteiger partial charge in [0.1, 0.15) is 0 Å². The molecule has 2 heterocycles. The van der Waals surface area contributed by atoms with Gasteiger partial charge >= 0.3 is 0 Å². The number of carbonyl (C=O) groups is 1. The number of aromatic nitrogens is 4. The summed E-state index contributed by atoms with van der Waals surface area (Å²) < 4.78 is 1.67. The first-order chi connectivity index (χ1) is 6.75. The molecule has 5 nitrogen and oxygen atoms in total. The smallest absolute Gasteiger partial charge is 0.204 e. The van der Waals surface area contributed by atoms with E-state index in [4.69, 9.17) is 0 Å². The highest BCUT2D eigenvalue weighted by molar-refractivity contribution is 5.93. The van der Waals surface area contributed by atoms with Crippen molar-refractivity contribution in [1.82, 2.24) is 19.7 Å². The van der Waals surface area contributed by atoms with Crippen molar-refractivity contribution in [2.45, 2.75) is 6.42 Å². The number of aromatic amines is 1. The van der Waals surface area contributed by atoms with E-state index in [2.05, 4.69) is 15.1 Å². The predicted octanol–water partition coefficient (Wildman–Crippen LogP) is 0.569. The van der Waals surface area contributed by atoms with Crippen LogP contribution in [0.25, 0.3) is 0 Å². The summed E-state index contributed by atoms with van der Waals surface area (Å²) >= 11 is 0. The fraction of sp³-hybridized carbons (Fsp3) is 0.222. The Morgan fingerprint density at radius 2 is 2.50 bits per heavy atom. The van der Waals surface area contributed by atoms with Gasteiger partial charge in [0, 0.05) is 25.6 Å². The molecule has 72 valence electrons. The van der Waals surface area contributed by atoms with Crippen LogP contribution < -0.4 is 0 Å². The van der Waals surface area contributed by atoms with Crippen molar-refractivity contribution in [2.75, 3.05) is 0 Å². The Kier molecular flexibility index (Phi) is 2.14. The van der Waals surface area contributed by atoms with Crippen LogP contribution in [0, 0.1) is 0 Å². The lowest BCUT2D eigenvalue weighted by Gasteiger charge is -1.93. The van der Waals surface area contributed by atoms with Gasteiger partial charge in [0.05, 0.1) is 12.1 Å². The summed E-state index contributed by atoms with van der Waals surface area (Å²) in [5.74, 6) is 0.337. The van der Waals surface area contributed by atoms with Crippen LogP contribution in [-0.4, -0.2) is 25.5 Å². The Morgan fingerprint density at radius 1 is 1.64 bits per heavy atom. The first kappa shape index (κ1) is 8.68. The number of H-pyrrole nitrogens is 1. The Morgan fingerprint density at radius 3 is 3.07 bits per heavy atom. The van der Waals surface area contributed by atoms with Crippen molar-refractivity contribution in [3.05, 3.63) is 36.2 Å². The largest absolute Gasteiger partial charge is 0.342 e. The van der Waals surface area contributed by atoms with Crippen LogP contribution in [0.2, 0.25) is 0 Å². The Hall–Kier alpha value is -1.91. The van der Waals surface area contributed by atoms with Crippen LogP contribution in [0.15, 0.2) is 24.7 Å². The number of carbonyl (C=O) groups excluding carboxylic acids is 1. The molecule has 0 aliphatic rings. The zero-order valence-electron chi connectivity index (χ0n) is 7.77. The fourth-order valence-corrected chi connectivity index (χ4v) is 1.22. The van der Waals surface area contributed by atoms with Crippen LogP contribution >= 0.6 is 0 Å². The summed E-state index contributed by atoms with van der Waals surface area (Å²) in [4.78, 5) is 18.2. The quantitative estimate of drug-likeness (QED) is 0.719. The number of Topliss-reactive ketones (excluding diaryl/α,β-unsaturated/α-hetero) is 1. The molecule has 1 N–H and O–H groups in total. The van der Waals surface area contributed by atoms with E-state index >= 15 is 0 Å². The average Bonchev–Trinajstić information content (AvgIpc) is 2.75. The first-order valence-electron chi connectivity index (χ1n) is 4.27. The highest BCUT2D eigenvalue weighted by Gasteiger charge is 2.10. The number of nitrogens with zero attached hydrogens (tertiary/aromatic N) is 3. The van der Waals surface area contributed by atoms with Gasteiger partial charge in [0.25, 0.3) is 0 Å². The van der Waals surface area contributed by atoms with E-state index in [-0.39, 0.29) is 12.2 Å². The van der Waals surface area contributed by atoms with E-state index in [1.165, 1.54) is 0 Å². The van der Waals surface area contributed by atoms with E-state index in [0.29, 0.717) is 5.82 Å². The molecule has 0 amide bonds. The molecule has 2 rings (SSSR count). The molecule has 0 saturated heterocycles. The predicted molar refractivity (Wildman–Crippen MR) is 49.8 cm³/mol. The van der Waals surface area contributed by atoms with Crippen molar-refractivity contribution in [1.29, 1.82) is 0 Å². The summed E-state index contributed by atoms with van der Waals surface area (Å²) in [6, 6.07) is 1.82. The summed E-state index contributed by atoms with van der Waals surface area (Å²) in [6.07, 6.45) is 5.29. The highest BCUT2D eigenvalue weighted by Crippen LogP contribution is 2.00. The van der Waals surface area contributed by atoms with Gasteiger partial charge in [-0.25, -0.2) is 4.98 Å². The molecule has 0 atom stereocenters. The second kappa shape index (κ2) is 3.45. The second-order valence-corrected chi connectivity index (χ2v) is 3.02. The number of imidazole rings is 1. The third-order valence-corrected chi connectivity index (χ3v) is 1.87. The average molecular weight is 190 g/mol. The zero-order chi connectivity index (χ0) is 9.97. The number of hydrogen-bond donors (Lipinski definition) is 1. The lowest BCUT2D eigenvalue weighted by molar-refractivity contribution is 0.0983. The van der Waals surface area contributed by atoms with Gasteiger partial charge in [0.2, 0.25) is 5.78 Å². The second-order valence-electron chi connectivity index (χ2n) is 3.02. The van der Waals surface area contributed by atoms with Gasteiger partial charge < -0.3 is 4.98 Å². The molecular formula is C9H10N4O. The third-order valence-electron chi connectivity index (χ3n) is 1.87. The topological polar surface area (TPSA) is 63.6 Å². The van der Waals surface area contributed by atoms with Crippen LogP contribution in [-0.2, 0) is 13.5 Å². The molecule has 0 fully saturated rings. The van der Waals surface area contributed by atoms with Crippen LogP contribution in [0.5, 0.6) is 0 Å². The summed E-state index contributed by atoms with van der Waals surface area (Å²) in [5.41, 5.74) is 0.758. The maximum atomic E-state index is 11.5. The number of aryl methyl sites for hydroxylation is 1. The lowest BCUT2D eigenvalue weighted by atomic mass is 10.2. The molecule has 14 heavy (non-hydrogen) atoms. The standard InChI is InChI=1S/C9H10N4O/c1-13-5-2-7(12-13)6-8(14)9-10-3-4-11-9/h2-5H,6H2,1H3,(H,10,11). The minimum atomic E-state index is -0.0475. The maximum Gasteiger partial charge on any atom is 0.204 e. The molecule has 0 bridgehead atoms. The highest BCUT2D eigenvalue weighted by atomic mass is 16.1. The van der Waals surface area contributed by atoms with E-state index in [1.54, 1.807) is 17.1 Å². The Bertz CT molecular complexity index is 429.